The third-order valence-corrected chi connectivity index (χ3v) is 7.68. The molecule has 164 valence electrons. The minimum absolute atomic E-state index is 0.00534. The average molecular weight is 451 g/mol. The fourth-order valence-electron chi connectivity index (χ4n) is 3.44. The second-order valence-corrected chi connectivity index (χ2v) is 10.0. The fourth-order valence-corrected chi connectivity index (χ4v) is 5.53. The third-order valence-electron chi connectivity index (χ3n) is 5.04. The zero-order valence-corrected chi connectivity index (χ0v) is 19.3. The standard InChI is InChI=1S/C23H30O5S2/c1-3-18-7-10-21(11-8-18)30(24,25)28-14-13-26-17-23-22-12-9-20(27-4-2)16-19(22)6-5-15-29-23/h7-12,16,23H,3-6,13-15,17H2,1-2H3. The minimum atomic E-state index is -3.75. The largest absolute Gasteiger partial charge is 0.494 e. The second-order valence-electron chi connectivity index (χ2n) is 7.11. The summed E-state index contributed by atoms with van der Waals surface area (Å²) in [6, 6.07) is 13.1. The summed E-state index contributed by atoms with van der Waals surface area (Å²) in [5.74, 6) is 1.99. The lowest BCUT2D eigenvalue weighted by Crippen LogP contribution is -2.14. The van der Waals surface area contributed by atoms with Crippen LogP contribution >= 0.6 is 11.8 Å². The molecule has 3 rings (SSSR count). The molecule has 7 heteroatoms. The molecule has 0 spiro atoms. The van der Waals surface area contributed by atoms with Gasteiger partial charge in [-0.15, -0.1) is 0 Å². The maximum Gasteiger partial charge on any atom is 0.297 e. The summed E-state index contributed by atoms with van der Waals surface area (Å²) in [5.41, 5.74) is 3.69. The Kier molecular flexibility index (Phi) is 8.62. The first-order valence-electron chi connectivity index (χ1n) is 10.5. The highest BCUT2D eigenvalue weighted by Crippen LogP contribution is 2.37. The van der Waals surface area contributed by atoms with Gasteiger partial charge in [0.1, 0.15) is 5.75 Å². The first kappa shape index (κ1) is 23.1. The molecule has 5 nitrogen and oxygen atoms in total. The van der Waals surface area contributed by atoms with Gasteiger partial charge >= 0.3 is 0 Å². The van der Waals surface area contributed by atoms with E-state index in [1.165, 1.54) is 11.1 Å². The van der Waals surface area contributed by atoms with Crippen LogP contribution in [0.3, 0.4) is 0 Å². The first-order chi connectivity index (χ1) is 14.5. The van der Waals surface area contributed by atoms with Gasteiger partial charge in [0.25, 0.3) is 10.1 Å². The van der Waals surface area contributed by atoms with Gasteiger partial charge in [0.2, 0.25) is 0 Å². The molecule has 0 aromatic heterocycles. The van der Waals surface area contributed by atoms with E-state index in [0.29, 0.717) is 13.2 Å². The van der Waals surface area contributed by atoms with Crippen LogP contribution in [0, 0.1) is 0 Å². The lowest BCUT2D eigenvalue weighted by atomic mass is 10.0. The van der Waals surface area contributed by atoms with E-state index in [2.05, 4.69) is 12.1 Å². The first-order valence-corrected chi connectivity index (χ1v) is 12.9. The Morgan fingerprint density at radius 2 is 1.87 bits per heavy atom. The molecule has 1 atom stereocenters. The molecule has 1 aliphatic heterocycles. The molecule has 0 fully saturated rings. The van der Waals surface area contributed by atoms with E-state index >= 15 is 0 Å². The van der Waals surface area contributed by atoms with Crippen molar-refractivity contribution < 1.29 is 22.1 Å². The van der Waals surface area contributed by atoms with Gasteiger partial charge in [0.05, 0.1) is 36.6 Å². The molecule has 0 amide bonds. The smallest absolute Gasteiger partial charge is 0.297 e. The molecule has 0 N–H and O–H groups in total. The Hall–Kier alpha value is -1.54. The number of rotatable bonds is 10. The van der Waals surface area contributed by atoms with Gasteiger partial charge in [0, 0.05) is 0 Å². The van der Waals surface area contributed by atoms with Gasteiger partial charge in [-0.25, -0.2) is 0 Å². The molecule has 0 saturated carbocycles. The molecule has 0 radical (unpaired) electrons. The number of hydrogen-bond acceptors (Lipinski definition) is 6. The van der Waals surface area contributed by atoms with Crippen molar-refractivity contribution in [3.05, 3.63) is 59.2 Å². The summed E-state index contributed by atoms with van der Waals surface area (Å²) in [6.07, 6.45) is 3.03. The van der Waals surface area contributed by atoms with Crippen LogP contribution in [0.25, 0.3) is 0 Å². The van der Waals surface area contributed by atoms with Crippen LogP contribution < -0.4 is 4.74 Å². The summed E-state index contributed by atoms with van der Waals surface area (Å²) in [7, 11) is -3.75. The van der Waals surface area contributed by atoms with Crippen LogP contribution in [0.5, 0.6) is 5.75 Å². The molecular weight excluding hydrogens is 420 g/mol. The van der Waals surface area contributed by atoms with Gasteiger partial charge in [-0.05, 0) is 72.9 Å². The Morgan fingerprint density at radius 3 is 2.60 bits per heavy atom. The molecule has 0 bridgehead atoms. The van der Waals surface area contributed by atoms with E-state index < -0.39 is 10.1 Å². The molecular formula is C23H30O5S2. The molecule has 30 heavy (non-hydrogen) atoms. The van der Waals surface area contributed by atoms with Crippen molar-refractivity contribution in [2.24, 2.45) is 0 Å². The topological polar surface area (TPSA) is 61.8 Å². The van der Waals surface area contributed by atoms with Crippen molar-refractivity contribution in [3.63, 3.8) is 0 Å². The zero-order valence-electron chi connectivity index (χ0n) is 17.6. The van der Waals surface area contributed by atoms with E-state index in [1.807, 2.05) is 43.8 Å². The summed E-state index contributed by atoms with van der Waals surface area (Å²) in [5, 5.41) is 0.233. The van der Waals surface area contributed by atoms with Gasteiger partial charge in [0.15, 0.2) is 0 Å². The van der Waals surface area contributed by atoms with Crippen LogP contribution in [-0.2, 0) is 31.9 Å². The van der Waals surface area contributed by atoms with Gasteiger partial charge in [-0.1, -0.05) is 25.1 Å². The van der Waals surface area contributed by atoms with Crippen LogP contribution in [-0.4, -0.2) is 40.6 Å². The Bertz CT molecular complexity index is 910. The molecule has 0 aliphatic carbocycles. The molecule has 1 heterocycles. The number of benzene rings is 2. The molecule has 2 aromatic carbocycles. The van der Waals surface area contributed by atoms with E-state index in [4.69, 9.17) is 13.7 Å². The monoisotopic (exact) mass is 450 g/mol. The van der Waals surface area contributed by atoms with Gasteiger partial charge < -0.3 is 9.47 Å². The Morgan fingerprint density at radius 1 is 1.07 bits per heavy atom. The predicted octanol–water partition coefficient (Wildman–Crippen LogP) is 4.79. The summed E-state index contributed by atoms with van der Waals surface area (Å²) in [6.45, 7) is 5.44. The fraction of sp³-hybridized carbons (Fsp3) is 0.478. The highest BCUT2D eigenvalue weighted by Gasteiger charge is 2.20. The van der Waals surface area contributed by atoms with Crippen molar-refractivity contribution in [2.45, 2.75) is 43.3 Å². The number of aryl methyl sites for hydroxylation is 2. The average Bonchev–Trinajstić information content (AvgIpc) is 2.95. The maximum absolute atomic E-state index is 12.3. The summed E-state index contributed by atoms with van der Waals surface area (Å²) >= 11 is 1.88. The number of hydrogen-bond donors (Lipinski definition) is 0. The minimum Gasteiger partial charge on any atom is -0.494 e. The quantitative estimate of drug-likeness (QED) is 0.383. The molecule has 2 aromatic rings. The second kappa shape index (κ2) is 11.2. The van der Waals surface area contributed by atoms with Gasteiger partial charge in [-0.3, -0.25) is 4.18 Å². The van der Waals surface area contributed by atoms with Crippen LogP contribution in [0.1, 0.15) is 42.2 Å². The summed E-state index contributed by atoms with van der Waals surface area (Å²) in [4.78, 5) is 0.179. The SMILES string of the molecule is CCOc1ccc2c(c1)CCCSC2COCCOS(=O)(=O)c1ccc(CC)cc1. The van der Waals surface area contributed by atoms with Crippen molar-refractivity contribution in [2.75, 3.05) is 32.2 Å². The van der Waals surface area contributed by atoms with Gasteiger partial charge in [-0.2, -0.15) is 20.2 Å². The Balaban J connectivity index is 1.50. The Labute approximate surface area is 184 Å². The number of ether oxygens (including phenoxy) is 2. The van der Waals surface area contributed by atoms with Crippen molar-refractivity contribution in [1.29, 1.82) is 0 Å². The molecule has 1 aliphatic rings. The van der Waals surface area contributed by atoms with Crippen LogP contribution in [0.4, 0.5) is 0 Å². The van der Waals surface area contributed by atoms with Crippen molar-refractivity contribution in [1.82, 2.24) is 0 Å². The normalized spacial score (nSPS) is 16.7. The third kappa shape index (κ3) is 6.23. The van der Waals surface area contributed by atoms with Crippen molar-refractivity contribution >= 4 is 21.9 Å². The van der Waals surface area contributed by atoms with Crippen LogP contribution in [0.15, 0.2) is 47.4 Å². The zero-order chi connectivity index (χ0) is 21.4. The number of thioether (sulfide) groups is 1. The summed E-state index contributed by atoms with van der Waals surface area (Å²) < 4.78 is 41.2. The highest BCUT2D eigenvalue weighted by atomic mass is 32.2. The molecule has 1 unspecified atom stereocenters. The highest BCUT2D eigenvalue weighted by molar-refractivity contribution is 7.99. The molecule has 0 saturated heterocycles. The van der Waals surface area contributed by atoms with E-state index in [9.17, 15) is 8.42 Å². The van der Waals surface area contributed by atoms with E-state index in [0.717, 1.165) is 36.3 Å². The van der Waals surface area contributed by atoms with E-state index in [1.54, 1.807) is 12.1 Å². The maximum atomic E-state index is 12.3. The predicted molar refractivity (Wildman–Crippen MR) is 121 cm³/mol. The number of fused-ring (bicyclic) bond motifs is 1. The lowest BCUT2D eigenvalue weighted by Gasteiger charge is -2.18. The van der Waals surface area contributed by atoms with Crippen molar-refractivity contribution in [3.8, 4) is 5.75 Å². The van der Waals surface area contributed by atoms with E-state index in [-0.39, 0.29) is 23.4 Å². The van der Waals surface area contributed by atoms with Crippen LogP contribution in [0.2, 0.25) is 0 Å². The lowest BCUT2D eigenvalue weighted by molar-refractivity contribution is 0.103.